The Morgan fingerprint density at radius 2 is 1.69 bits per heavy atom. The van der Waals surface area contributed by atoms with Crippen LogP contribution >= 0.6 is 0 Å². The largest absolute Gasteiger partial charge is 0.489 e. The monoisotopic (exact) mass is 632 g/mol. The predicted octanol–water partition coefficient (Wildman–Crippen LogP) is 6.49. The van der Waals surface area contributed by atoms with Crippen molar-refractivity contribution in [2.75, 3.05) is 20.3 Å². The van der Waals surface area contributed by atoms with Crippen LogP contribution in [0.5, 0.6) is 5.75 Å². The molecule has 0 radical (unpaired) electrons. The van der Waals surface area contributed by atoms with Gasteiger partial charge in [-0.05, 0) is 87.0 Å². The van der Waals surface area contributed by atoms with Gasteiger partial charge in [-0.15, -0.1) is 0 Å². The van der Waals surface area contributed by atoms with E-state index in [0.29, 0.717) is 19.4 Å². The first-order valence-electron chi connectivity index (χ1n) is 16.3. The quantitative estimate of drug-likeness (QED) is 0.102. The van der Waals surface area contributed by atoms with Gasteiger partial charge in [0.15, 0.2) is 0 Å². The number of methoxy groups -OCH3 is 1. The second-order valence-electron chi connectivity index (χ2n) is 14.4. The summed E-state index contributed by atoms with van der Waals surface area (Å²) in [5, 5.41) is 17.3. The molecule has 1 aromatic rings. The fourth-order valence-electron chi connectivity index (χ4n) is 4.84. The lowest BCUT2D eigenvalue weighted by molar-refractivity contribution is -0.134. The van der Waals surface area contributed by atoms with Crippen molar-refractivity contribution in [3.8, 4) is 5.75 Å². The van der Waals surface area contributed by atoms with Crippen LogP contribution in [-0.4, -0.2) is 61.1 Å². The van der Waals surface area contributed by atoms with Crippen LogP contribution in [0.4, 0.5) is 4.79 Å². The SMILES string of the molecule is CCCCNC(=O)C(C)C[C@H](O)[C@H](C[C@H](Cc1ccc(C(C)(C)C)cc1OCC=CC(=O)OC)C(C)C)NC(=O)OC(C)(C)C. The van der Waals surface area contributed by atoms with Gasteiger partial charge >= 0.3 is 12.1 Å². The number of carbonyl (C=O) groups is 3. The summed E-state index contributed by atoms with van der Waals surface area (Å²) in [6, 6.07) is 5.58. The van der Waals surface area contributed by atoms with Gasteiger partial charge in [0.25, 0.3) is 0 Å². The highest BCUT2D eigenvalue weighted by atomic mass is 16.6. The minimum absolute atomic E-state index is 0.0433. The number of esters is 1. The fraction of sp³-hybridized carbons (Fsp3) is 0.694. The summed E-state index contributed by atoms with van der Waals surface area (Å²) in [5.74, 6) is -0.0266. The van der Waals surface area contributed by atoms with E-state index in [2.05, 4.69) is 69.0 Å². The number of ether oxygens (including phenoxy) is 3. The molecular formula is C36H60N2O7. The molecule has 0 heterocycles. The summed E-state index contributed by atoms with van der Waals surface area (Å²) < 4.78 is 16.4. The lowest BCUT2D eigenvalue weighted by Gasteiger charge is -2.32. The van der Waals surface area contributed by atoms with Gasteiger partial charge in [0, 0.05) is 18.5 Å². The lowest BCUT2D eigenvalue weighted by Crippen LogP contribution is -2.48. The van der Waals surface area contributed by atoms with Gasteiger partial charge in [-0.3, -0.25) is 4.79 Å². The molecule has 45 heavy (non-hydrogen) atoms. The zero-order valence-electron chi connectivity index (χ0n) is 29.6. The average Bonchev–Trinajstić information content (AvgIpc) is 2.93. The number of aliphatic hydroxyl groups is 1. The van der Waals surface area contributed by atoms with E-state index in [1.165, 1.54) is 13.2 Å². The van der Waals surface area contributed by atoms with Crippen molar-refractivity contribution < 1.29 is 33.7 Å². The van der Waals surface area contributed by atoms with Crippen LogP contribution in [0, 0.1) is 17.8 Å². The summed E-state index contributed by atoms with van der Waals surface area (Å²) >= 11 is 0. The predicted molar refractivity (Wildman–Crippen MR) is 179 cm³/mol. The molecule has 0 saturated heterocycles. The zero-order chi connectivity index (χ0) is 34.4. The molecule has 1 unspecified atom stereocenters. The third kappa shape index (κ3) is 15.7. The van der Waals surface area contributed by atoms with E-state index in [9.17, 15) is 19.5 Å². The van der Waals surface area contributed by atoms with Gasteiger partial charge in [0.05, 0.1) is 19.3 Å². The van der Waals surface area contributed by atoms with Crippen LogP contribution in [0.2, 0.25) is 0 Å². The number of aliphatic hydroxyl groups excluding tert-OH is 1. The number of amides is 2. The lowest BCUT2D eigenvalue weighted by atomic mass is 9.80. The van der Waals surface area contributed by atoms with E-state index in [1.807, 2.05) is 6.07 Å². The maximum Gasteiger partial charge on any atom is 0.407 e. The third-order valence-electron chi connectivity index (χ3n) is 7.74. The van der Waals surface area contributed by atoms with Crippen molar-refractivity contribution in [1.29, 1.82) is 0 Å². The Morgan fingerprint density at radius 3 is 2.24 bits per heavy atom. The molecule has 2 amide bonds. The molecule has 0 aromatic heterocycles. The van der Waals surface area contributed by atoms with Crippen LogP contribution in [-0.2, 0) is 30.9 Å². The third-order valence-corrected chi connectivity index (χ3v) is 7.74. The number of alkyl carbamates (subject to hydrolysis) is 1. The number of benzene rings is 1. The molecule has 9 heteroatoms. The topological polar surface area (TPSA) is 123 Å². The number of hydrogen-bond acceptors (Lipinski definition) is 7. The Morgan fingerprint density at radius 1 is 1.02 bits per heavy atom. The molecule has 0 aliphatic carbocycles. The van der Waals surface area contributed by atoms with Gasteiger partial charge in [0.1, 0.15) is 18.0 Å². The Bertz CT molecular complexity index is 1100. The van der Waals surface area contributed by atoms with E-state index in [1.54, 1.807) is 33.8 Å². The molecule has 0 bridgehead atoms. The number of unbranched alkanes of at least 4 members (excludes halogenated alkanes) is 1. The average molecular weight is 633 g/mol. The maximum atomic E-state index is 12.9. The van der Waals surface area contributed by atoms with Crippen LogP contribution in [0.3, 0.4) is 0 Å². The van der Waals surface area contributed by atoms with Gasteiger partial charge in [-0.25, -0.2) is 9.59 Å². The summed E-state index contributed by atoms with van der Waals surface area (Å²) in [7, 11) is 1.33. The first-order chi connectivity index (χ1) is 20.9. The summed E-state index contributed by atoms with van der Waals surface area (Å²) in [6.07, 6.45) is 4.55. The normalized spacial score (nSPS) is 14.9. The standard InChI is InChI=1S/C36H60N2O7/c1-12-13-18-37-33(41)25(4)20-30(39)29(38-34(42)45-36(8,9)10)22-27(24(2)3)21-26-16-17-28(35(5,6)7)23-31(26)44-19-14-15-32(40)43-11/h14-17,23-25,27,29-30,39H,12-13,18-22H2,1-11H3,(H,37,41)(H,38,42)/t25?,27-,29-,30-/m0/s1. The molecule has 1 rings (SSSR count). The molecule has 4 atom stereocenters. The zero-order valence-corrected chi connectivity index (χ0v) is 29.6. The second-order valence-corrected chi connectivity index (χ2v) is 14.4. The number of nitrogens with one attached hydrogen (secondary N) is 2. The first-order valence-corrected chi connectivity index (χ1v) is 16.3. The van der Waals surface area contributed by atoms with Gasteiger partial charge in [0.2, 0.25) is 5.91 Å². The van der Waals surface area contributed by atoms with Crippen LogP contribution in [0.1, 0.15) is 106 Å². The minimum Gasteiger partial charge on any atom is -0.489 e. The molecule has 9 nitrogen and oxygen atoms in total. The highest BCUT2D eigenvalue weighted by molar-refractivity contribution is 5.81. The molecule has 3 N–H and O–H groups in total. The van der Waals surface area contributed by atoms with Crippen molar-refractivity contribution in [3.05, 3.63) is 41.5 Å². The maximum absolute atomic E-state index is 12.9. The molecule has 0 spiro atoms. The summed E-state index contributed by atoms with van der Waals surface area (Å²) in [4.78, 5) is 37.1. The van der Waals surface area contributed by atoms with E-state index in [0.717, 1.165) is 29.7 Å². The molecule has 0 fully saturated rings. The second kappa shape index (κ2) is 18.8. The highest BCUT2D eigenvalue weighted by Crippen LogP contribution is 2.33. The Labute approximate surface area is 271 Å². The highest BCUT2D eigenvalue weighted by Gasteiger charge is 2.31. The smallest absolute Gasteiger partial charge is 0.407 e. The Balaban J connectivity index is 3.30. The van der Waals surface area contributed by atoms with Gasteiger partial charge < -0.3 is 30.0 Å². The van der Waals surface area contributed by atoms with Crippen molar-refractivity contribution in [2.45, 2.75) is 125 Å². The molecule has 0 aliphatic heterocycles. The molecule has 0 aliphatic rings. The van der Waals surface area contributed by atoms with Crippen LogP contribution in [0.25, 0.3) is 0 Å². The van der Waals surface area contributed by atoms with Crippen molar-refractivity contribution in [3.63, 3.8) is 0 Å². The summed E-state index contributed by atoms with van der Waals surface area (Å²) in [6.45, 7) is 20.7. The van der Waals surface area contributed by atoms with E-state index in [-0.39, 0.29) is 36.2 Å². The van der Waals surface area contributed by atoms with Gasteiger partial charge in [-0.2, -0.15) is 0 Å². The number of carbonyl (C=O) groups excluding carboxylic acids is 3. The Kier molecular flexibility index (Phi) is 16.7. The first kappa shape index (κ1) is 40.0. The molecule has 1 aromatic carbocycles. The Hall–Kier alpha value is -3.07. The van der Waals surface area contributed by atoms with Gasteiger partial charge in [-0.1, -0.05) is 67.0 Å². The van der Waals surface area contributed by atoms with E-state index in [4.69, 9.17) is 9.47 Å². The number of hydrogen-bond donors (Lipinski definition) is 3. The van der Waals surface area contributed by atoms with Crippen LogP contribution in [0.15, 0.2) is 30.4 Å². The molecule has 0 saturated carbocycles. The van der Waals surface area contributed by atoms with Crippen molar-refractivity contribution in [1.82, 2.24) is 10.6 Å². The van der Waals surface area contributed by atoms with E-state index < -0.39 is 35.7 Å². The van der Waals surface area contributed by atoms with E-state index >= 15 is 0 Å². The van der Waals surface area contributed by atoms with Crippen LogP contribution < -0.4 is 15.4 Å². The summed E-state index contributed by atoms with van der Waals surface area (Å²) in [5.41, 5.74) is 1.31. The molecule has 256 valence electrons. The van der Waals surface area contributed by atoms with Crippen molar-refractivity contribution in [2.24, 2.45) is 17.8 Å². The fourth-order valence-corrected chi connectivity index (χ4v) is 4.84. The van der Waals surface area contributed by atoms with Crippen molar-refractivity contribution >= 4 is 18.0 Å². The number of rotatable bonds is 17. The minimum atomic E-state index is -0.965. The molecular weight excluding hydrogens is 572 g/mol.